The van der Waals surface area contributed by atoms with Crippen LogP contribution in [-0.4, -0.2) is 23.1 Å². The van der Waals surface area contributed by atoms with Gasteiger partial charge in [0.15, 0.2) is 12.1 Å². The summed E-state index contributed by atoms with van der Waals surface area (Å²) in [6.07, 6.45) is -0.989. The Morgan fingerprint density at radius 1 is 0.939 bits per heavy atom. The van der Waals surface area contributed by atoms with E-state index in [9.17, 15) is 19.5 Å². The molecule has 0 spiro atoms. The Hall–Kier alpha value is -4.39. The number of aliphatic carboxylic acids is 1. The lowest BCUT2D eigenvalue weighted by Gasteiger charge is -2.19. The highest BCUT2D eigenvalue weighted by Gasteiger charge is 2.25. The summed E-state index contributed by atoms with van der Waals surface area (Å²) in [5.41, 5.74) is 1.87. The summed E-state index contributed by atoms with van der Waals surface area (Å²) in [5.74, 6) is -1.46. The number of carboxylic acid groups (broad SMARTS) is 1. The topological polar surface area (TPSA) is 106 Å². The Morgan fingerprint density at radius 3 is 2.27 bits per heavy atom. The molecule has 166 valence electrons. The summed E-state index contributed by atoms with van der Waals surface area (Å²) in [6, 6.07) is 23.1. The van der Waals surface area contributed by atoms with E-state index in [1.54, 1.807) is 48.5 Å². The molecule has 7 heteroatoms. The highest BCUT2D eigenvalue weighted by molar-refractivity contribution is 5.94. The summed E-state index contributed by atoms with van der Waals surface area (Å²) in [6.45, 7) is 1.51. The minimum Gasteiger partial charge on any atom is -0.481 e. The zero-order chi connectivity index (χ0) is 23.4. The minimum absolute atomic E-state index is 0.310. The van der Waals surface area contributed by atoms with Crippen LogP contribution in [0.25, 0.3) is 22.1 Å². The van der Waals surface area contributed by atoms with Gasteiger partial charge in [-0.2, -0.15) is 0 Å². The normalized spacial score (nSPS) is 12.6. The van der Waals surface area contributed by atoms with Gasteiger partial charge in [0.25, 0.3) is 5.91 Å². The Bertz CT molecular complexity index is 1350. The van der Waals surface area contributed by atoms with Gasteiger partial charge in [0.2, 0.25) is 0 Å². The minimum atomic E-state index is -1.20. The van der Waals surface area contributed by atoms with E-state index in [4.69, 9.17) is 9.15 Å². The van der Waals surface area contributed by atoms with Gasteiger partial charge in [0.05, 0.1) is 0 Å². The van der Waals surface area contributed by atoms with Crippen LogP contribution in [0, 0.1) is 0 Å². The van der Waals surface area contributed by atoms with Crippen molar-refractivity contribution < 1.29 is 23.8 Å². The second-order valence-corrected chi connectivity index (χ2v) is 7.45. The Labute approximate surface area is 189 Å². The van der Waals surface area contributed by atoms with Crippen LogP contribution in [0.15, 0.2) is 94.1 Å². The van der Waals surface area contributed by atoms with Gasteiger partial charge >= 0.3 is 11.6 Å². The van der Waals surface area contributed by atoms with Crippen LogP contribution in [0.3, 0.4) is 0 Å². The van der Waals surface area contributed by atoms with Gasteiger partial charge in [0, 0.05) is 17.5 Å². The molecule has 2 N–H and O–H groups in total. The van der Waals surface area contributed by atoms with Crippen molar-refractivity contribution in [3.63, 3.8) is 0 Å². The van der Waals surface area contributed by atoms with Crippen LogP contribution >= 0.6 is 0 Å². The number of nitrogens with one attached hydrogen (secondary N) is 1. The van der Waals surface area contributed by atoms with Crippen molar-refractivity contribution in [1.29, 1.82) is 0 Å². The fourth-order valence-electron chi connectivity index (χ4n) is 3.52. The number of rotatable bonds is 7. The molecule has 0 aliphatic carbocycles. The molecule has 1 heterocycles. The third-order valence-corrected chi connectivity index (χ3v) is 5.15. The maximum absolute atomic E-state index is 12.6. The van der Waals surface area contributed by atoms with Crippen LogP contribution < -0.4 is 15.7 Å². The average Bonchev–Trinajstić information content (AvgIpc) is 2.82. The van der Waals surface area contributed by atoms with Gasteiger partial charge < -0.3 is 19.6 Å². The number of fused-ring (bicyclic) bond motifs is 1. The second-order valence-electron chi connectivity index (χ2n) is 7.45. The first-order valence-electron chi connectivity index (χ1n) is 10.3. The van der Waals surface area contributed by atoms with Gasteiger partial charge in [-0.05, 0) is 35.7 Å². The lowest BCUT2D eigenvalue weighted by molar-refractivity contribution is -0.143. The lowest BCUT2D eigenvalue weighted by Crippen LogP contribution is -2.41. The highest BCUT2D eigenvalue weighted by atomic mass is 16.5. The Morgan fingerprint density at radius 2 is 1.61 bits per heavy atom. The predicted octanol–water partition coefficient (Wildman–Crippen LogP) is 4.17. The maximum Gasteiger partial charge on any atom is 0.336 e. The highest BCUT2D eigenvalue weighted by Crippen LogP contribution is 2.30. The van der Waals surface area contributed by atoms with E-state index in [1.807, 2.05) is 30.3 Å². The summed E-state index contributed by atoms with van der Waals surface area (Å²) < 4.78 is 11.1. The van der Waals surface area contributed by atoms with Crippen molar-refractivity contribution in [3.05, 3.63) is 101 Å². The summed E-state index contributed by atoms with van der Waals surface area (Å²) in [5, 5.41) is 12.7. The smallest absolute Gasteiger partial charge is 0.336 e. The van der Waals surface area contributed by atoms with Gasteiger partial charge in [0.1, 0.15) is 11.3 Å². The molecule has 0 saturated heterocycles. The first-order valence-corrected chi connectivity index (χ1v) is 10.3. The third kappa shape index (κ3) is 4.93. The van der Waals surface area contributed by atoms with E-state index in [-0.39, 0.29) is 0 Å². The molecule has 1 aromatic heterocycles. The van der Waals surface area contributed by atoms with Crippen LogP contribution in [0.1, 0.15) is 18.5 Å². The fraction of sp³-hybridized carbons (Fsp3) is 0.115. The van der Waals surface area contributed by atoms with E-state index in [0.717, 1.165) is 16.5 Å². The molecule has 4 aromatic rings. The van der Waals surface area contributed by atoms with E-state index < -0.39 is 29.6 Å². The van der Waals surface area contributed by atoms with E-state index >= 15 is 0 Å². The standard InChI is InChI=1S/C26H21NO6/c1-16(25(29)27-24(26(30)31)18-10-6-3-7-11-18)32-19-12-13-20-21(17-8-4-2-5-9-17)15-23(28)33-22(20)14-19/h2-16,24H,1H3,(H,27,29)(H,30,31)/t16-,24+/m0/s1. The molecule has 3 aromatic carbocycles. The van der Waals surface area contributed by atoms with Crippen LogP contribution in [-0.2, 0) is 9.59 Å². The van der Waals surface area contributed by atoms with Crippen molar-refractivity contribution in [1.82, 2.24) is 5.32 Å². The van der Waals surface area contributed by atoms with Gasteiger partial charge in [-0.25, -0.2) is 9.59 Å². The number of hydrogen-bond donors (Lipinski definition) is 2. The van der Waals surface area contributed by atoms with E-state index in [0.29, 0.717) is 16.9 Å². The van der Waals surface area contributed by atoms with Crippen molar-refractivity contribution in [2.75, 3.05) is 0 Å². The molecule has 0 aliphatic heterocycles. The van der Waals surface area contributed by atoms with Gasteiger partial charge in [-0.15, -0.1) is 0 Å². The Kier molecular flexibility index (Phi) is 6.22. The third-order valence-electron chi connectivity index (χ3n) is 5.15. The molecule has 7 nitrogen and oxygen atoms in total. The monoisotopic (exact) mass is 443 g/mol. The van der Waals surface area contributed by atoms with Crippen molar-refractivity contribution >= 4 is 22.8 Å². The predicted molar refractivity (Wildman–Crippen MR) is 123 cm³/mol. The van der Waals surface area contributed by atoms with Crippen molar-refractivity contribution in [2.24, 2.45) is 0 Å². The average molecular weight is 443 g/mol. The number of carbonyl (C=O) groups is 2. The number of hydrogen-bond acceptors (Lipinski definition) is 5. The molecule has 0 saturated carbocycles. The SMILES string of the molecule is C[C@H](Oc1ccc2c(-c3ccccc3)cc(=O)oc2c1)C(=O)N[C@@H](C(=O)O)c1ccccc1. The number of benzene rings is 3. The Balaban J connectivity index is 1.55. The zero-order valence-electron chi connectivity index (χ0n) is 17.7. The van der Waals surface area contributed by atoms with Gasteiger partial charge in [-0.3, -0.25) is 4.79 Å². The van der Waals surface area contributed by atoms with Crippen molar-refractivity contribution in [3.8, 4) is 16.9 Å². The quantitative estimate of drug-likeness (QED) is 0.415. The molecule has 2 atom stereocenters. The lowest BCUT2D eigenvalue weighted by atomic mass is 10.0. The van der Waals surface area contributed by atoms with Crippen LogP contribution in [0.2, 0.25) is 0 Å². The number of amides is 1. The molecule has 0 aliphatic rings. The summed E-state index contributed by atoms with van der Waals surface area (Å²) in [4.78, 5) is 36.4. The number of carboxylic acids is 1. The number of carbonyl (C=O) groups excluding carboxylic acids is 1. The molecule has 4 rings (SSSR count). The van der Waals surface area contributed by atoms with E-state index in [1.165, 1.54) is 13.0 Å². The molecule has 1 amide bonds. The molecular weight excluding hydrogens is 422 g/mol. The molecule has 0 fully saturated rings. The largest absolute Gasteiger partial charge is 0.481 e. The molecular formula is C26H21NO6. The zero-order valence-corrected chi connectivity index (χ0v) is 17.7. The number of ether oxygens (including phenoxy) is 1. The van der Waals surface area contributed by atoms with Crippen LogP contribution in [0.5, 0.6) is 5.75 Å². The molecule has 33 heavy (non-hydrogen) atoms. The summed E-state index contributed by atoms with van der Waals surface area (Å²) >= 11 is 0. The molecule has 0 radical (unpaired) electrons. The molecule has 0 bridgehead atoms. The first kappa shape index (κ1) is 21.8. The maximum atomic E-state index is 12.6. The van der Waals surface area contributed by atoms with E-state index in [2.05, 4.69) is 5.32 Å². The summed E-state index contributed by atoms with van der Waals surface area (Å²) in [7, 11) is 0. The van der Waals surface area contributed by atoms with Gasteiger partial charge in [-0.1, -0.05) is 60.7 Å². The molecule has 0 unspecified atom stereocenters. The fourth-order valence-corrected chi connectivity index (χ4v) is 3.52. The van der Waals surface area contributed by atoms with Crippen LogP contribution in [0.4, 0.5) is 0 Å². The second kappa shape index (κ2) is 9.40. The first-order chi connectivity index (χ1) is 15.9. The van der Waals surface area contributed by atoms with Crippen molar-refractivity contribution in [2.45, 2.75) is 19.1 Å².